The number of hydrogen-bond donors (Lipinski definition) is 3. The van der Waals surface area contributed by atoms with Gasteiger partial charge in [0.1, 0.15) is 0 Å². The van der Waals surface area contributed by atoms with E-state index in [1.54, 1.807) is 0 Å². The fraction of sp³-hybridized carbons (Fsp3) is 0. The minimum Gasteiger partial charge on any atom is -0.328 e. The minimum atomic E-state index is -2.62. The minimum absolute atomic E-state index is 1.24. The molecule has 1 aromatic rings. The molecule has 0 bridgehead atoms. The fourth-order valence-electron chi connectivity index (χ4n) is 0.453. The first kappa shape index (κ1) is 11.0. The normalized spacial score (nSPS) is 8.82. The van der Waals surface area contributed by atoms with Crippen molar-refractivity contribution in [1.82, 2.24) is 0 Å². The van der Waals surface area contributed by atoms with Crippen LogP contribution in [0.2, 0.25) is 0 Å². The third-order valence-electron chi connectivity index (χ3n) is 0.800. The average Bonchev–Trinajstić information content (AvgIpc) is 1.87. The van der Waals surface area contributed by atoms with Crippen molar-refractivity contribution < 1.29 is 14.7 Å². The van der Waals surface area contributed by atoms with Crippen LogP contribution in [0.3, 0.4) is 0 Å². The zero-order valence-electron chi connectivity index (χ0n) is 5.75. The molecule has 1 atom stereocenters. The van der Waals surface area contributed by atoms with E-state index < -0.39 is 8.60 Å². The van der Waals surface area contributed by atoms with Crippen LogP contribution in [0.4, 0.5) is 0 Å². The van der Waals surface area contributed by atoms with Crippen LogP contribution in [0.15, 0.2) is 30.3 Å². The molecule has 0 aliphatic carbocycles. The largest absolute Gasteiger partial charge is 0.328 e. The second-order valence-electron chi connectivity index (χ2n) is 1.68. The Balaban J connectivity index is 0.000000218. The molecule has 0 heterocycles. The zero-order valence-corrected chi connectivity index (χ0v) is 7.80. The van der Waals surface area contributed by atoms with Gasteiger partial charge in [-0.05, 0) is 5.30 Å². The first-order valence-corrected chi connectivity index (χ1v) is 4.58. The monoisotopic (exact) mass is 192 g/mol. The molecule has 0 spiro atoms. The maximum absolute atomic E-state index is 7.23. The first-order valence-electron chi connectivity index (χ1n) is 2.80. The molecule has 0 aliphatic heterocycles. The molecular weight excluding hydrogens is 182 g/mol. The zero-order chi connectivity index (χ0) is 8.69. The molecule has 0 radical (unpaired) electrons. The van der Waals surface area contributed by atoms with Gasteiger partial charge < -0.3 is 14.7 Å². The van der Waals surface area contributed by atoms with E-state index in [0.717, 1.165) is 0 Å². The highest BCUT2D eigenvalue weighted by molar-refractivity contribution is 7.38. The van der Waals surface area contributed by atoms with Crippen LogP contribution in [0.1, 0.15) is 0 Å². The maximum Gasteiger partial charge on any atom is 0.324 e. The highest BCUT2D eigenvalue weighted by Gasteiger charge is 1.76. The summed E-state index contributed by atoms with van der Waals surface area (Å²) in [5.41, 5.74) is 0. The molecule has 0 aliphatic rings. The number of rotatable bonds is 0. The highest BCUT2D eigenvalue weighted by Crippen LogP contribution is 2.11. The van der Waals surface area contributed by atoms with Crippen LogP contribution in [-0.2, 0) is 0 Å². The predicted octanol–water partition coefficient (Wildman–Crippen LogP) is 0.377. The van der Waals surface area contributed by atoms with Gasteiger partial charge in [-0.25, -0.2) is 0 Å². The number of hydrogen-bond acceptors (Lipinski definition) is 3. The van der Waals surface area contributed by atoms with Gasteiger partial charge in [-0.3, -0.25) is 0 Å². The van der Waals surface area contributed by atoms with Crippen LogP contribution in [-0.4, -0.2) is 14.7 Å². The van der Waals surface area contributed by atoms with Crippen LogP contribution in [0, 0.1) is 0 Å². The van der Waals surface area contributed by atoms with Crippen molar-refractivity contribution in [2.24, 2.45) is 0 Å². The van der Waals surface area contributed by atoms with Gasteiger partial charge in [-0.15, -0.1) is 9.24 Å². The lowest BCUT2D eigenvalue weighted by Gasteiger charge is -1.82. The molecule has 0 saturated carbocycles. The molecule has 1 unspecified atom stereocenters. The van der Waals surface area contributed by atoms with Crippen molar-refractivity contribution in [3.8, 4) is 0 Å². The molecule has 5 heteroatoms. The van der Waals surface area contributed by atoms with Crippen LogP contribution >= 0.6 is 17.8 Å². The second kappa shape index (κ2) is 6.66. The van der Waals surface area contributed by atoms with Gasteiger partial charge in [-0.2, -0.15) is 0 Å². The summed E-state index contributed by atoms with van der Waals surface area (Å²) >= 11 is 0. The average molecular weight is 192 g/mol. The van der Waals surface area contributed by atoms with E-state index >= 15 is 0 Å². The molecule has 0 amide bonds. The van der Waals surface area contributed by atoms with E-state index in [4.69, 9.17) is 14.7 Å². The Labute approximate surface area is 68.9 Å². The molecule has 11 heavy (non-hydrogen) atoms. The molecule has 1 aromatic carbocycles. The summed E-state index contributed by atoms with van der Waals surface area (Å²) < 4.78 is 0. The molecular formula is C6H10O3P2. The molecule has 0 aromatic heterocycles. The van der Waals surface area contributed by atoms with Crippen LogP contribution in [0.5, 0.6) is 0 Å². The standard InChI is InChI=1S/C6H7P.H3O3P/c7-6-4-2-1-3-5-6;1-4(2)3/h1-5H,7H2;1-3H. The van der Waals surface area contributed by atoms with Gasteiger partial charge in [0, 0.05) is 0 Å². The Kier molecular flexibility index (Phi) is 6.63. The van der Waals surface area contributed by atoms with Gasteiger partial charge >= 0.3 is 8.60 Å². The second-order valence-corrected chi connectivity index (χ2v) is 2.88. The van der Waals surface area contributed by atoms with Crippen molar-refractivity contribution in [3.63, 3.8) is 0 Å². The third-order valence-corrected chi connectivity index (χ3v) is 1.18. The van der Waals surface area contributed by atoms with Crippen molar-refractivity contribution >= 4 is 23.1 Å². The molecule has 0 fully saturated rings. The van der Waals surface area contributed by atoms with E-state index in [-0.39, 0.29) is 0 Å². The molecule has 3 nitrogen and oxygen atoms in total. The predicted molar refractivity (Wildman–Crippen MR) is 49.4 cm³/mol. The molecule has 0 saturated heterocycles. The Bertz CT molecular complexity index is 176. The molecule has 3 N–H and O–H groups in total. The van der Waals surface area contributed by atoms with E-state index in [1.165, 1.54) is 5.30 Å². The summed E-state index contributed by atoms with van der Waals surface area (Å²) in [5.74, 6) is 0. The van der Waals surface area contributed by atoms with Gasteiger partial charge in [-0.1, -0.05) is 30.3 Å². The maximum atomic E-state index is 7.23. The van der Waals surface area contributed by atoms with Gasteiger partial charge in [0.25, 0.3) is 0 Å². The van der Waals surface area contributed by atoms with Crippen LogP contribution in [0.25, 0.3) is 0 Å². The van der Waals surface area contributed by atoms with Gasteiger partial charge in [0.05, 0.1) is 0 Å². The summed E-state index contributed by atoms with van der Waals surface area (Å²) in [7, 11) is 0.00870. The Hall–Kier alpha value is -0.0400. The summed E-state index contributed by atoms with van der Waals surface area (Å²) in [6.07, 6.45) is 0. The smallest absolute Gasteiger partial charge is 0.324 e. The Morgan fingerprint density at radius 1 is 1.00 bits per heavy atom. The lowest BCUT2D eigenvalue weighted by atomic mass is 10.4. The van der Waals surface area contributed by atoms with Crippen LogP contribution < -0.4 is 5.30 Å². The molecule has 1 rings (SSSR count). The lowest BCUT2D eigenvalue weighted by Crippen LogP contribution is -1.82. The number of benzene rings is 1. The SMILES string of the molecule is OP(O)O.Pc1ccccc1. The Morgan fingerprint density at radius 2 is 1.36 bits per heavy atom. The summed E-state index contributed by atoms with van der Waals surface area (Å²) in [6.45, 7) is 0. The third kappa shape index (κ3) is 9.96. The van der Waals surface area contributed by atoms with Gasteiger partial charge in [0.15, 0.2) is 0 Å². The summed E-state index contributed by atoms with van der Waals surface area (Å²) in [6, 6.07) is 10.1. The first-order chi connectivity index (χ1) is 5.13. The van der Waals surface area contributed by atoms with E-state index in [2.05, 4.69) is 9.24 Å². The van der Waals surface area contributed by atoms with E-state index in [9.17, 15) is 0 Å². The quantitative estimate of drug-likeness (QED) is 0.520. The van der Waals surface area contributed by atoms with E-state index in [0.29, 0.717) is 0 Å². The van der Waals surface area contributed by atoms with Crippen molar-refractivity contribution in [2.45, 2.75) is 0 Å². The molecule has 62 valence electrons. The van der Waals surface area contributed by atoms with Crippen molar-refractivity contribution in [1.29, 1.82) is 0 Å². The summed E-state index contributed by atoms with van der Waals surface area (Å²) in [4.78, 5) is 21.7. The van der Waals surface area contributed by atoms with E-state index in [1.807, 2.05) is 30.3 Å². The summed E-state index contributed by atoms with van der Waals surface area (Å²) in [5, 5.41) is 1.24. The Morgan fingerprint density at radius 3 is 1.55 bits per heavy atom. The topological polar surface area (TPSA) is 60.7 Å². The van der Waals surface area contributed by atoms with Crippen molar-refractivity contribution in [3.05, 3.63) is 30.3 Å². The lowest BCUT2D eigenvalue weighted by molar-refractivity contribution is 0.368. The van der Waals surface area contributed by atoms with Crippen molar-refractivity contribution in [2.75, 3.05) is 0 Å². The fourth-order valence-corrected chi connectivity index (χ4v) is 0.675. The van der Waals surface area contributed by atoms with Gasteiger partial charge in [0.2, 0.25) is 0 Å². The highest BCUT2D eigenvalue weighted by atomic mass is 31.2.